The van der Waals surface area contributed by atoms with E-state index in [9.17, 15) is 31.5 Å². The number of esters is 1. The molecule has 5 rings (SSSR count). The number of hydrogen-bond acceptors (Lipinski definition) is 9. The Balaban J connectivity index is 0.00000312. The average molecular weight is 669 g/mol. The van der Waals surface area contributed by atoms with Crippen molar-refractivity contribution in [1.29, 1.82) is 0 Å². The van der Waals surface area contributed by atoms with Crippen LogP contribution in [0.3, 0.4) is 0 Å². The first-order valence-corrected chi connectivity index (χ1v) is 13.8. The van der Waals surface area contributed by atoms with Gasteiger partial charge in [0.05, 0.1) is 42.6 Å². The summed E-state index contributed by atoms with van der Waals surface area (Å²) in [5, 5.41) is 14.4. The molecule has 1 unspecified atom stereocenters. The number of alkyl halides is 3. The molecule has 0 fully saturated rings. The molecule has 0 saturated heterocycles. The minimum Gasteiger partial charge on any atom is -1.00 e. The van der Waals surface area contributed by atoms with Crippen molar-refractivity contribution >= 4 is 18.2 Å². The van der Waals surface area contributed by atoms with Gasteiger partial charge in [0, 0.05) is 23.5 Å². The molecule has 2 N–H and O–H groups in total. The van der Waals surface area contributed by atoms with Gasteiger partial charge in [-0.1, -0.05) is 13.0 Å². The van der Waals surface area contributed by atoms with Crippen molar-refractivity contribution in [3.63, 3.8) is 0 Å². The number of aromatic nitrogens is 4. The summed E-state index contributed by atoms with van der Waals surface area (Å²) in [6, 6.07) is 5.64. The van der Waals surface area contributed by atoms with E-state index in [1.807, 2.05) is 6.92 Å². The Morgan fingerprint density at radius 1 is 1.11 bits per heavy atom. The minimum atomic E-state index is -4.75. The molecule has 0 radical (unpaired) electrons. The van der Waals surface area contributed by atoms with E-state index in [1.54, 1.807) is 0 Å². The van der Waals surface area contributed by atoms with Gasteiger partial charge in [0.1, 0.15) is 23.9 Å². The van der Waals surface area contributed by atoms with Crippen LogP contribution in [0.15, 0.2) is 53.9 Å². The number of rotatable bonds is 11. The zero-order valence-electron chi connectivity index (χ0n) is 26.0. The summed E-state index contributed by atoms with van der Waals surface area (Å²) in [5.74, 6) is -4.58. The molecule has 1 aliphatic rings. The molecule has 0 bridgehead atoms. The standard InChI is InChI=1S/C30H25F5N6O5.Na.H/c1-2-9-45-17-6-7-18(20(11-17)30(33,34)35)27-36-12-16(13-37-27)26(29(44)46-10-8-24(42)43)41-15-23-22(14-38-41)39-28(40-23)19-4-3-5-21(31)25(19)32;;/h3-7,11-14,26H,2,8-10,15H2,1H3,(H,39,40)(H,42,43);;/q;+1;-1. The average Bonchev–Trinajstić information content (AvgIpc) is 3.44. The van der Waals surface area contributed by atoms with E-state index in [0.717, 1.165) is 24.5 Å². The number of nitrogens with zero attached hydrogens (tertiary/aromatic N) is 5. The quantitative estimate of drug-likeness (QED) is 0.140. The second-order valence-electron chi connectivity index (χ2n) is 10.0. The monoisotopic (exact) mass is 668 g/mol. The maximum Gasteiger partial charge on any atom is 1.00 e. The number of fused-ring (bicyclic) bond motifs is 1. The van der Waals surface area contributed by atoms with Gasteiger partial charge in [0.25, 0.3) is 0 Å². The van der Waals surface area contributed by atoms with Crippen LogP contribution in [0, 0.1) is 11.6 Å². The second-order valence-corrected chi connectivity index (χ2v) is 10.0. The van der Waals surface area contributed by atoms with Crippen LogP contribution >= 0.6 is 0 Å². The molecule has 0 saturated carbocycles. The van der Waals surface area contributed by atoms with Gasteiger partial charge < -0.3 is 21.0 Å². The summed E-state index contributed by atoms with van der Waals surface area (Å²) >= 11 is 0. The van der Waals surface area contributed by atoms with Crippen LogP contribution in [0.4, 0.5) is 22.0 Å². The predicted molar refractivity (Wildman–Crippen MR) is 152 cm³/mol. The van der Waals surface area contributed by atoms with E-state index in [2.05, 4.69) is 25.0 Å². The number of carboxylic acid groups (broad SMARTS) is 1. The molecule has 0 spiro atoms. The molecule has 2 aromatic carbocycles. The van der Waals surface area contributed by atoms with Crippen molar-refractivity contribution in [2.45, 2.75) is 38.5 Å². The molecule has 242 valence electrons. The molecule has 1 atom stereocenters. The van der Waals surface area contributed by atoms with E-state index in [0.29, 0.717) is 12.1 Å². The van der Waals surface area contributed by atoms with Crippen LogP contribution in [-0.2, 0) is 27.0 Å². The molecule has 1 aliphatic heterocycles. The van der Waals surface area contributed by atoms with Crippen LogP contribution in [0.1, 0.15) is 49.7 Å². The predicted octanol–water partition coefficient (Wildman–Crippen LogP) is 2.64. The van der Waals surface area contributed by atoms with Crippen LogP contribution in [0.2, 0.25) is 0 Å². The maximum absolute atomic E-state index is 14.4. The first-order chi connectivity index (χ1) is 22.0. The number of nitrogens with one attached hydrogen (secondary N) is 1. The van der Waals surface area contributed by atoms with Crippen molar-refractivity contribution in [1.82, 2.24) is 24.9 Å². The van der Waals surface area contributed by atoms with Gasteiger partial charge in [-0.05, 0) is 36.8 Å². The Labute approximate surface area is 287 Å². The van der Waals surface area contributed by atoms with E-state index in [-0.39, 0.29) is 83.9 Å². The Kier molecular flexibility index (Phi) is 11.3. The number of carbonyl (C=O) groups is 2. The smallest absolute Gasteiger partial charge is 1.00 e. The van der Waals surface area contributed by atoms with E-state index >= 15 is 0 Å². The van der Waals surface area contributed by atoms with Gasteiger partial charge in [0.2, 0.25) is 0 Å². The van der Waals surface area contributed by atoms with Gasteiger partial charge >= 0.3 is 47.7 Å². The summed E-state index contributed by atoms with van der Waals surface area (Å²) in [6.45, 7) is 1.44. The van der Waals surface area contributed by atoms with Crippen molar-refractivity contribution < 1.29 is 77.1 Å². The largest absolute Gasteiger partial charge is 1.00 e. The number of carboxylic acids is 1. The first kappa shape index (κ1) is 35.4. The molecule has 4 aromatic rings. The molecule has 0 aliphatic carbocycles. The summed E-state index contributed by atoms with van der Waals surface area (Å²) in [5.41, 5.74) is -0.751. The number of H-pyrrole nitrogens is 1. The first-order valence-electron chi connectivity index (χ1n) is 13.8. The zero-order chi connectivity index (χ0) is 33.0. The molecule has 11 nitrogen and oxygen atoms in total. The normalized spacial score (nSPS) is 13.0. The summed E-state index contributed by atoms with van der Waals surface area (Å²) in [4.78, 5) is 39.6. The molecule has 47 heavy (non-hydrogen) atoms. The molecular weight excluding hydrogens is 642 g/mol. The van der Waals surface area contributed by atoms with Crippen molar-refractivity contribution in [3.05, 3.63) is 82.9 Å². The van der Waals surface area contributed by atoms with Crippen LogP contribution in [0.25, 0.3) is 22.8 Å². The maximum atomic E-state index is 14.4. The van der Waals surface area contributed by atoms with Crippen LogP contribution in [-0.4, -0.2) is 61.4 Å². The summed E-state index contributed by atoms with van der Waals surface area (Å²) in [7, 11) is 0. The fourth-order valence-corrected chi connectivity index (χ4v) is 4.58. The third-order valence-corrected chi connectivity index (χ3v) is 6.75. The second kappa shape index (κ2) is 15.0. The minimum absolute atomic E-state index is 0. The number of benzene rings is 2. The van der Waals surface area contributed by atoms with Crippen molar-refractivity contribution in [3.8, 4) is 28.5 Å². The Morgan fingerprint density at radius 2 is 1.85 bits per heavy atom. The third kappa shape index (κ3) is 8.12. The van der Waals surface area contributed by atoms with Gasteiger partial charge in [-0.2, -0.15) is 18.3 Å². The number of imidazole rings is 1. The number of ether oxygens (including phenoxy) is 2. The fraction of sp³-hybridized carbons (Fsp3) is 0.267. The number of carbonyl (C=O) groups excluding carboxylic acids is 1. The van der Waals surface area contributed by atoms with Crippen LogP contribution < -0.4 is 34.3 Å². The Morgan fingerprint density at radius 3 is 2.53 bits per heavy atom. The molecule has 17 heteroatoms. The van der Waals surface area contributed by atoms with Gasteiger partial charge in [-0.15, -0.1) is 0 Å². The summed E-state index contributed by atoms with van der Waals surface area (Å²) in [6.07, 6.45) is -1.10. The van der Waals surface area contributed by atoms with E-state index < -0.39 is 54.4 Å². The van der Waals surface area contributed by atoms with Gasteiger partial charge in [-0.25, -0.2) is 28.5 Å². The van der Waals surface area contributed by atoms with Crippen LogP contribution in [0.5, 0.6) is 5.75 Å². The number of halogens is 5. The van der Waals surface area contributed by atoms with Crippen molar-refractivity contribution in [2.75, 3.05) is 13.2 Å². The van der Waals surface area contributed by atoms with E-state index in [4.69, 9.17) is 14.6 Å². The SMILES string of the molecule is CCCOc1ccc(-c2ncc(C(C(=O)OCCC(=O)O)N3Cc4[nH]c(-c5cccc(F)c5F)nc4C=N3)cn2)c(C(F)(F)F)c1.[H-].[Na+]. The topological polar surface area (TPSA) is 143 Å². The zero-order valence-corrected chi connectivity index (χ0v) is 27.0. The van der Waals surface area contributed by atoms with Gasteiger partial charge in [0.15, 0.2) is 23.5 Å². The third-order valence-electron chi connectivity index (χ3n) is 6.75. The van der Waals surface area contributed by atoms with E-state index in [1.165, 1.54) is 35.5 Å². The van der Waals surface area contributed by atoms with Crippen molar-refractivity contribution in [2.24, 2.45) is 5.10 Å². The number of aliphatic carboxylic acids is 1. The fourth-order valence-electron chi connectivity index (χ4n) is 4.58. The molecule has 3 heterocycles. The molecule has 0 amide bonds. The number of aromatic amines is 1. The Bertz CT molecular complexity index is 1790. The summed E-state index contributed by atoms with van der Waals surface area (Å²) < 4.78 is 80.6. The van der Waals surface area contributed by atoms with Gasteiger partial charge in [-0.3, -0.25) is 9.80 Å². The molecular formula is C30H26F5N6NaO5. The number of hydrogen-bond donors (Lipinski definition) is 2. The molecule has 2 aromatic heterocycles. The Hall–Kier alpha value is -4.41. The number of hydrazone groups is 1.